The number of imide groups is 1. The molecule has 0 fully saturated rings. The summed E-state index contributed by atoms with van der Waals surface area (Å²) in [4.78, 5) is 134. The van der Waals surface area contributed by atoms with Gasteiger partial charge in [0.05, 0.1) is 74.6 Å². The molecule has 1 aliphatic carbocycles. The fourth-order valence-electron chi connectivity index (χ4n) is 10.1. The molecule has 3 atom stereocenters. The average molecular weight is 1060 g/mol. The molecule has 6 amide bonds. The summed E-state index contributed by atoms with van der Waals surface area (Å²) >= 11 is 0. The van der Waals surface area contributed by atoms with Crippen molar-refractivity contribution in [3.8, 4) is 11.4 Å². The number of halogens is 1. The number of rotatable bonds is 26. The first kappa shape index (κ1) is 55.4. The van der Waals surface area contributed by atoms with E-state index in [1.165, 1.54) is 10.6 Å². The molecule has 4 aromatic rings. The molecule has 0 saturated heterocycles. The van der Waals surface area contributed by atoms with Crippen molar-refractivity contribution in [2.45, 2.75) is 96.4 Å². The van der Waals surface area contributed by atoms with Crippen LogP contribution in [-0.4, -0.2) is 125 Å². The van der Waals surface area contributed by atoms with Gasteiger partial charge in [-0.2, -0.15) is 0 Å². The average Bonchev–Trinajstić information content (AvgIpc) is 4.00. The molecule has 0 spiro atoms. The third kappa shape index (κ3) is 12.6. The van der Waals surface area contributed by atoms with Crippen molar-refractivity contribution < 1.29 is 66.9 Å². The number of nitrogens with one attached hydrogen (secondary N) is 4. The predicted molar refractivity (Wildman–Crippen MR) is 272 cm³/mol. The molecule has 0 radical (unpaired) electrons. The van der Waals surface area contributed by atoms with Crippen LogP contribution in [0.25, 0.3) is 22.3 Å². The number of ether oxygens (including phenoxy) is 3. The summed E-state index contributed by atoms with van der Waals surface area (Å²) in [7, 11) is 0. The van der Waals surface area contributed by atoms with E-state index in [-0.39, 0.29) is 120 Å². The second-order valence-electron chi connectivity index (χ2n) is 19.4. The number of aryl methyl sites for hydroxylation is 1. The highest BCUT2D eigenvalue weighted by molar-refractivity contribution is 6.13. The van der Waals surface area contributed by atoms with Crippen LogP contribution in [0.3, 0.4) is 0 Å². The Labute approximate surface area is 441 Å². The predicted octanol–water partition coefficient (Wildman–Crippen LogP) is 1.89. The summed E-state index contributed by atoms with van der Waals surface area (Å²) in [6, 6.07) is 11.2. The minimum Gasteiger partial charge on any atom is -0.458 e. The number of carbonyl (C=O) groups excluding carboxylic acids is 9. The van der Waals surface area contributed by atoms with Crippen molar-refractivity contribution in [3.63, 3.8) is 0 Å². The molecule has 8 rings (SSSR count). The summed E-state index contributed by atoms with van der Waals surface area (Å²) in [5, 5.41) is 22.9. The van der Waals surface area contributed by atoms with Gasteiger partial charge in [0.15, 0.2) is 11.4 Å². The van der Waals surface area contributed by atoms with Crippen LogP contribution in [0.4, 0.5) is 4.39 Å². The fraction of sp³-hybridized carbons (Fsp3) is 0.436. The summed E-state index contributed by atoms with van der Waals surface area (Å²) in [5.41, 5.74) is 1.86. The molecule has 2 aromatic carbocycles. The largest absolute Gasteiger partial charge is 0.458 e. The van der Waals surface area contributed by atoms with Crippen molar-refractivity contribution in [3.05, 3.63) is 110 Å². The molecule has 0 saturated carbocycles. The number of fused-ring (bicyclic) bond motifs is 5. The summed E-state index contributed by atoms with van der Waals surface area (Å²) in [6.45, 7) is 3.01. The maximum Gasteiger partial charge on any atom is 0.343 e. The number of Topliss-reactive ketones (excluding diaryl/α,β-unsaturated/α-hetero) is 2. The Bertz CT molecular complexity index is 3120. The SMILES string of the molecule is CC[C@@]1(O)C(=O)OCc2c1cc1n(c2=O)Cc2c-1nc1cc(F)c(C)c3c1c2[C@@H](NC(=O)CNC(=O)[C@@H](CC(=O)CNC(=O)CCC(=O)CCOCCOCCNC(=O)CCN1C(=O)C=CC1=O)Cc1ccccc1)CC3. The number of amides is 6. The van der Waals surface area contributed by atoms with Crippen LogP contribution in [0, 0.1) is 18.7 Å². The molecule has 77 heavy (non-hydrogen) atoms. The third-order valence-corrected chi connectivity index (χ3v) is 14.3. The normalized spacial score (nSPS) is 17.3. The van der Waals surface area contributed by atoms with Crippen molar-refractivity contribution >= 4 is 63.9 Å². The van der Waals surface area contributed by atoms with Crippen LogP contribution < -0.4 is 26.8 Å². The maximum absolute atomic E-state index is 15.5. The van der Waals surface area contributed by atoms with Gasteiger partial charge in [-0.3, -0.25) is 48.1 Å². The van der Waals surface area contributed by atoms with Crippen LogP contribution in [0.5, 0.6) is 0 Å². The van der Waals surface area contributed by atoms with Gasteiger partial charge in [0.25, 0.3) is 17.4 Å². The van der Waals surface area contributed by atoms with E-state index < -0.39 is 83.3 Å². The number of ketones is 2. The van der Waals surface area contributed by atoms with Gasteiger partial charge in [-0.25, -0.2) is 14.2 Å². The minimum atomic E-state index is -2.06. The van der Waals surface area contributed by atoms with Gasteiger partial charge in [0.2, 0.25) is 23.6 Å². The molecule has 406 valence electrons. The van der Waals surface area contributed by atoms with E-state index in [9.17, 15) is 53.1 Å². The first-order chi connectivity index (χ1) is 37.0. The number of benzene rings is 2. The number of pyridine rings is 2. The number of aliphatic hydroxyl groups is 1. The van der Waals surface area contributed by atoms with Gasteiger partial charge >= 0.3 is 5.97 Å². The number of esters is 1. The number of cyclic esters (lactones) is 1. The fourth-order valence-corrected chi connectivity index (χ4v) is 10.1. The summed E-state index contributed by atoms with van der Waals surface area (Å²) in [6.07, 6.45) is 2.63. The van der Waals surface area contributed by atoms with E-state index in [1.807, 2.05) is 6.07 Å². The number of aromatic nitrogens is 2. The van der Waals surface area contributed by atoms with Crippen molar-refractivity contribution in [2.75, 3.05) is 52.6 Å². The zero-order chi connectivity index (χ0) is 55.0. The van der Waals surface area contributed by atoms with Gasteiger partial charge < -0.3 is 45.2 Å². The lowest BCUT2D eigenvalue weighted by molar-refractivity contribution is -0.172. The second-order valence-corrected chi connectivity index (χ2v) is 19.4. The second kappa shape index (κ2) is 24.5. The molecule has 5 N–H and O–H groups in total. The van der Waals surface area contributed by atoms with Gasteiger partial charge in [-0.05, 0) is 60.9 Å². The molecule has 22 heteroatoms. The first-order valence-electron chi connectivity index (χ1n) is 25.7. The molecule has 3 aliphatic heterocycles. The minimum absolute atomic E-state index is 0.0169. The third-order valence-electron chi connectivity index (χ3n) is 14.3. The van der Waals surface area contributed by atoms with Gasteiger partial charge in [-0.15, -0.1) is 0 Å². The zero-order valence-electron chi connectivity index (χ0n) is 42.8. The van der Waals surface area contributed by atoms with E-state index >= 15 is 4.39 Å². The molecule has 21 nitrogen and oxygen atoms in total. The van der Waals surface area contributed by atoms with Crippen molar-refractivity contribution in [1.29, 1.82) is 0 Å². The molecular formula is C55H60FN7O14. The van der Waals surface area contributed by atoms with Gasteiger partial charge in [0, 0.05) is 85.8 Å². The molecule has 0 bridgehead atoms. The Morgan fingerprint density at radius 3 is 2.31 bits per heavy atom. The van der Waals surface area contributed by atoms with Crippen molar-refractivity contribution in [1.82, 2.24) is 35.7 Å². The molecule has 2 aromatic heterocycles. The smallest absolute Gasteiger partial charge is 0.343 e. The van der Waals surface area contributed by atoms with Crippen LogP contribution >= 0.6 is 0 Å². The van der Waals surface area contributed by atoms with Crippen molar-refractivity contribution in [2.24, 2.45) is 5.92 Å². The number of hydrogen-bond acceptors (Lipinski definition) is 15. The molecule has 5 heterocycles. The van der Waals surface area contributed by atoms with Crippen LogP contribution in [-0.2, 0) is 89.0 Å². The lowest BCUT2D eigenvalue weighted by Gasteiger charge is -2.31. The van der Waals surface area contributed by atoms with E-state index in [0.29, 0.717) is 51.8 Å². The number of nitrogens with zero attached hydrogens (tertiary/aromatic N) is 3. The quantitative estimate of drug-likeness (QED) is 0.0300. The van der Waals surface area contributed by atoms with Crippen LogP contribution in [0.15, 0.2) is 59.4 Å². The van der Waals surface area contributed by atoms with E-state index in [1.54, 1.807) is 44.2 Å². The molecular weight excluding hydrogens is 1000 g/mol. The zero-order valence-corrected chi connectivity index (χ0v) is 42.8. The highest BCUT2D eigenvalue weighted by Crippen LogP contribution is 2.46. The maximum atomic E-state index is 15.5. The monoisotopic (exact) mass is 1060 g/mol. The van der Waals surface area contributed by atoms with E-state index in [4.69, 9.17) is 19.2 Å². The Hall–Kier alpha value is -7.82. The highest BCUT2D eigenvalue weighted by Gasteiger charge is 2.46. The van der Waals surface area contributed by atoms with Gasteiger partial charge in [0.1, 0.15) is 18.2 Å². The molecule has 4 aliphatic rings. The Morgan fingerprint density at radius 2 is 1.57 bits per heavy atom. The topological polar surface area (TPSA) is 288 Å². The summed E-state index contributed by atoms with van der Waals surface area (Å²) in [5.74, 6) is -5.85. The van der Waals surface area contributed by atoms with E-state index in [2.05, 4.69) is 21.3 Å². The Morgan fingerprint density at radius 1 is 0.844 bits per heavy atom. The lowest BCUT2D eigenvalue weighted by atomic mass is 9.81. The Kier molecular flexibility index (Phi) is 17.6. The first-order valence-corrected chi connectivity index (χ1v) is 25.7. The van der Waals surface area contributed by atoms with Crippen LogP contribution in [0.2, 0.25) is 0 Å². The molecule has 0 unspecified atom stereocenters. The number of hydrogen-bond donors (Lipinski definition) is 5. The van der Waals surface area contributed by atoms with Crippen LogP contribution in [0.1, 0.15) is 96.9 Å². The van der Waals surface area contributed by atoms with E-state index in [0.717, 1.165) is 28.2 Å². The Balaban J connectivity index is 0.802. The standard InChI is InChI=1S/C55H60FN7O14/c1-3-55(74)39-25-43-51-37(29-63(43)53(72)38(39)30-77-54(55)73)50-41(11-10-36-31(2)40(56)26-42(61-51)49(36)50)60-46(68)28-59-52(71)33(23-32-7-5-4-6-8-32)24-35(65)27-58-44(66)12-9-34(64)16-19-75-21-22-76-20-17-57-45(67)15-18-62-47(69)13-14-48(62)70/h4-8,13-14,25-26,33,41,74H,3,9-12,15-24,27-30H2,1-2H3,(H,57,67)(H,58,66)(H,59,71)(H,60,68)/t33-,41+,55+/m1/s1. The highest BCUT2D eigenvalue weighted by atomic mass is 19.1. The number of carbonyl (C=O) groups is 9. The lowest BCUT2D eigenvalue weighted by Crippen LogP contribution is -2.44. The van der Waals surface area contributed by atoms with Gasteiger partial charge in [-0.1, -0.05) is 37.3 Å². The summed E-state index contributed by atoms with van der Waals surface area (Å²) < 4.78 is 33.0.